The highest BCUT2D eigenvalue weighted by Crippen LogP contribution is 2.03. The molecule has 0 aliphatic carbocycles. The van der Waals surface area contributed by atoms with Gasteiger partial charge in [0.1, 0.15) is 6.23 Å². The molecule has 0 heterocycles. The van der Waals surface area contributed by atoms with Gasteiger partial charge >= 0.3 is 14.5 Å². The van der Waals surface area contributed by atoms with E-state index in [2.05, 4.69) is 0 Å². The highest BCUT2D eigenvalue weighted by atomic mass is 28.4. The van der Waals surface area contributed by atoms with E-state index in [1.54, 1.807) is 14.2 Å². The van der Waals surface area contributed by atoms with Gasteiger partial charge in [0, 0.05) is 21.1 Å². The molecule has 0 fully saturated rings. The van der Waals surface area contributed by atoms with E-state index in [1.807, 2.05) is 6.55 Å². The van der Waals surface area contributed by atoms with Gasteiger partial charge in [-0.3, -0.25) is 4.79 Å². The van der Waals surface area contributed by atoms with E-state index in [0.717, 1.165) is 0 Å². The monoisotopic (exact) mass is 178 g/mol. The molecular formula is C6H14O4Si. The van der Waals surface area contributed by atoms with Crippen LogP contribution >= 0.6 is 0 Å². The predicted octanol–water partition coefficient (Wildman–Crippen LogP) is 0.453. The minimum Gasteiger partial charge on any atom is -0.464 e. The fourth-order valence-corrected chi connectivity index (χ4v) is 1.30. The van der Waals surface area contributed by atoms with Crippen LogP contribution < -0.4 is 0 Å². The van der Waals surface area contributed by atoms with Crippen molar-refractivity contribution in [3.8, 4) is 0 Å². The van der Waals surface area contributed by atoms with Crippen molar-refractivity contribution in [3.05, 3.63) is 0 Å². The van der Waals surface area contributed by atoms with E-state index in [9.17, 15) is 4.79 Å². The standard InChI is InChI=1S/C6H14O4Si/c1-6(7)10-5-11(4,8-2)9-3/h5H2,1-4H3. The van der Waals surface area contributed by atoms with Crippen LogP contribution in [-0.4, -0.2) is 35.0 Å². The SMILES string of the molecule is CO[Si](C)(COC(C)=O)OC. The third-order valence-corrected chi connectivity index (χ3v) is 3.80. The molecule has 0 aliphatic rings. The molecule has 0 saturated carbocycles. The normalized spacial score (nSPS) is 11.3. The number of carbonyl (C=O) groups is 1. The summed E-state index contributed by atoms with van der Waals surface area (Å²) in [5.41, 5.74) is 0. The molecule has 0 spiro atoms. The lowest BCUT2D eigenvalue weighted by Crippen LogP contribution is -2.42. The van der Waals surface area contributed by atoms with Gasteiger partial charge in [0.2, 0.25) is 0 Å². The van der Waals surface area contributed by atoms with E-state index in [1.165, 1.54) is 6.92 Å². The number of hydrogen-bond donors (Lipinski definition) is 0. The third-order valence-electron chi connectivity index (χ3n) is 1.40. The van der Waals surface area contributed by atoms with Crippen molar-refractivity contribution in [1.82, 2.24) is 0 Å². The number of carbonyl (C=O) groups excluding carboxylic acids is 1. The molecule has 11 heavy (non-hydrogen) atoms. The maximum absolute atomic E-state index is 10.4. The highest BCUT2D eigenvalue weighted by Gasteiger charge is 2.30. The molecule has 4 nitrogen and oxygen atoms in total. The number of rotatable bonds is 4. The van der Waals surface area contributed by atoms with Crippen LogP contribution in [0.25, 0.3) is 0 Å². The Balaban J connectivity index is 3.78. The molecule has 0 radical (unpaired) electrons. The topological polar surface area (TPSA) is 44.8 Å². The van der Waals surface area contributed by atoms with Crippen LogP contribution in [0.4, 0.5) is 0 Å². The second-order valence-corrected chi connectivity index (χ2v) is 5.70. The first-order chi connectivity index (χ1) is 5.04. The molecule has 0 rings (SSSR count). The Morgan fingerprint density at radius 1 is 1.36 bits per heavy atom. The zero-order valence-corrected chi connectivity index (χ0v) is 8.34. The van der Waals surface area contributed by atoms with Crippen LogP contribution in [0, 0.1) is 0 Å². The first-order valence-corrected chi connectivity index (χ1v) is 5.80. The van der Waals surface area contributed by atoms with Crippen molar-refractivity contribution in [2.24, 2.45) is 0 Å². The summed E-state index contributed by atoms with van der Waals surface area (Å²) >= 11 is 0. The lowest BCUT2D eigenvalue weighted by molar-refractivity contribution is -0.139. The van der Waals surface area contributed by atoms with Crippen LogP contribution in [0.2, 0.25) is 6.55 Å². The van der Waals surface area contributed by atoms with Crippen LogP contribution in [0.15, 0.2) is 0 Å². The van der Waals surface area contributed by atoms with E-state index in [4.69, 9.17) is 13.6 Å². The van der Waals surface area contributed by atoms with Crippen LogP contribution in [0.3, 0.4) is 0 Å². The van der Waals surface area contributed by atoms with E-state index >= 15 is 0 Å². The second kappa shape index (κ2) is 4.48. The molecule has 0 aromatic heterocycles. The Kier molecular flexibility index (Phi) is 4.32. The molecule has 0 bridgehead atoms. The maximum Gasteiger partial charge on any atom is 0.373 e. The number of esters is 1. The van der Waals surface area contributed by atoms with Crippen LogP contribution in [0.1, 0.15) is 6.92 Å². The molecule has 0 unspecified atom stereocenters. The van der Waals surface area contributed by atoms with Gasteiger partial charge in [-0.2, -0.15) is 0 Å². The smallest absolute Gasteiger partial charge is 0.373 e. The molecule has 0 amide bonds. The maximum atomic E-state index is 10.4. The van der Waals surface area contributed by atoms with E-state index in [0.29, 0.717) is 0 Å². The average Bonchev–Trinajstić information content (AvgIpc) is 2.00. The molecule has 0 aromatic rings. The largest absolute Gasteiger partial charge is 0.464 e. The first kappa shape index (κ1) is 10.6. The summed E-state index contributed by atoms with van der Waals surface area (Å²) in [4.78, 5) is 10.4. The Hall–Kier alpha value is -0.393. The molecule has 0 N–H and O–H groups in total. The van der Waals surface area contributed by atoms with Gasteiger partial charge in [0.05, 0.1) is 0 Å². The summed E-state index contributed by atoms with van der Waals surface area (Å²) in [5.74, 6) is -0.308. The van der Waals surface area contributed by atoms with Crippen molar-refractivity contribution in [2.45, 2.75) is 13.5 Å². The molecule has 0 aliphatic heterocycles. The molecule has 66 valence electrons. The fourth-order valence-electron chi connectivity index (χ4n) is 0.434. The van der Waals surface area contributed by atoms with Gasteiger partial charge in [-0.25, -0.2) is 0 Å². The second-order valence-electron chi connectivity index (χ2n) is 2.32. The zero-order valence-electron chi connectivity index (χ0n) is 7.34. The van der Waals surface area contributed by atoms with Gasteiger partial charge in [0.15, 0.2) is 0 Å². The van der Waals surface area contributed by atoms with Crippen LogP contribution in [-0.2, 0) is 18.4 Å². The van der Waals surface area contributed by atoms with Gasteiger partial charge in [-0.1, -0.05) is 0 Å². The number of hydrogen-bond acceptors (Lipinski definition) is 4. The van der Waals surface area contributed by atoms with Gasteiger partial charge < -0.3 is 13.6 Å². The van der Waals surface area contributed by atoms with E-state index < -0.39 is 8.56 Å². The average molecular weight is 178 g/mol. The molecule has 0 atom stereocenters. The van der Waals surface area contributed by atoms with Gasteiger partial charge in [-0.05, 0) is 6.55 Å². The quantitative estimate of drug-likeness (QED) is 0.463. The fraction of sp³-hybridized carbons (Fsp3) is 0.833. The van der Waals surface area contributed by atoms with Crippen molar-refractivity contribution in [3.63, 3.8) is 0 Å². The Morgan fingerprint density at radius 2 is 1.82 bits per heavy atom. The van der Waals surface area contributed by atoms with Gasteiger partial charge in [0.25, 0.3) is 0 Å². The number of ether oxygens (including phenoxy) is 1. The third kappa shape index (κ3) is 4.13. The van der Waals surface area contributed by atoms with Crippen molar-refractivity contribution >= 4 is 14.5 Å². The predicted molar refractivity (Wildman–Crippen MR) is 42.3 cm³/mol. The summed E-state index contributed by atoms with van der Waals surface area (Å²) < 4.78 is 14.9. The summed E-state index contributed by atoms with van der Waals surface area (Å²) in [6.45, 7) is 3.19. The lowest BCUT2D eigenvalue weighted by atomic mass is 10.8. The molecular weight excluding hydrogens is 164 g/mol. The van der Waals surface area contributed by atoms with Gasteiger partial charge in [-0.15, -0.1) is 0 Å². The Labute approximate surface area is 67.7 Å². The summed E-state index contributed by atoms with van der Waals surface area (Å²) in [6.07, 6.45) is 0.245. The minimum absolute atomic E-state index is 0.245. The minimum atomic E-state index is -2.20. The summed E-state index contributed by atoms with van der Waals surface area (Å²) in [5, 5.41) is 0. The molecule has 0 aromatic carbocycles. The first-order valence-electron chi connectivity index (χ1n) is 3.28. The summed E-state index contributed by atoms with van der Waals surface area (Å²) in [7, 11) is 0.906. The Morgan fingerprint density at radius 3 is 2.09 bits per heavy atom. The Bertz CT molecular complexity index is 133. The summed E-state index contributed by atoms with van der Waals surface area (Å²) in [6, 6.07) is 0. The van der Waals surface area contributed by atoms with E-state index in [-0.39, 0.29) is 12.2 Å². The zero-order chi connectivity index (χ0) is 8.91. The van der Waals surface area contributed by atoms with Crippen molar-refractivity contribution in [2.75, 3.05) is 20.4 Å². The molecule has 0 saturated heterocycles. The lowest BCUT2D eigenvalue weighted by Gasteiger charge is -2.21. The highest BCUT2D eigenvalue weighted by molar-refractivity contribution is 6.65. The van der Waals surface area contributed by atoms with Crippen LogP contribution in [0.5, 0.6) is 0 Å². The van der Waals surface area contributed by atoms with Crippen molar-refractivity contribution < 1.29 is 18.4 Å². The molecule has 5 heteroatoms. The van der Waals surface area contributed by atoms with Crippen molar-refractivity contribution in [1.29, 1.82) is 0 Å².